The van der Waals surface area contributed by atoms with Crippen LogP contribution in [0.3, 0.4) is 0 Å². The number of hydrogen-bond donors (Lipinski definition) is 0. The van der Waals surface area contributed by atoms with Crippen molar-refractivity contribution in [3.8, 4) is 0 Å². The van der Waals surface area contributed by atoms with E-state index in [1.807, 2.05) is 0 Å². The van der Waals surface area contributed by atoms with Gasteiger partial charge in [-0.3, -0.25) is 0 Å². The molecular formula is C9H16FNO. The Labute approximate surface area is 72.6 Å². The van der Waals surface area contributed by atoms with E-state index in [0.717, 1.165) is 19.4 Å². The minimum absolute atomic E-state index is 0.194. The molecule has 0 N–H and O–H groups in total. The highest BCUT2D eigenvalue weighted by molar-refractivity contribution is 4.95. The molecule has 2 fully saturated rings. The molecule has 1 aliphatic heterocycles. The van der Waals surface area contributed by atoms with Crippen molar-refractivity contribution < 1.29 is 9.47 Å². The lowest BCUT2D eigenvalue weighted by molar-refractivity contribution is -0.151. The van der Waals surface area contributed by atoms with E-state index < -0.39 is 0 Å². The molecule has 1 aliphatic carbocycles. The third-order valence-electron chi connectivity index (χ3n) is 3.08. The monoisotopic (exact) mass is 173 g/mol. The van der Waals surface area contributed by atoms with Crippen LogP contribution in [0.5, 0.6) is 0 Å². The van der Waals surface area contributed by atoms with E-state index >= 15 is 0 Å². The summed E-state index contributed by atoms with van der Waals surface area (Å²) < 4.78 is 11.7. The van der Waals surface area contributed by atoms with E-state index in [0.29, 0.717) is 6.61 Å². The van der Waals surface area contributed by atoms with Crippen molar-refractivity contribution in [2.75, 3.05) is 26.2 Å². The summed E-state index contributed by atoms with van der Waals surface area (Å²) in [5.41, 5.74) is 0.194. The first-order valence-electron chi connectivity index (χ1n) is 4.81. The van der Waals surface area contributed by atoms with Gasteiger partial charge in [0.1, 0.15) is 0 Å². The molecule has 70 valence electrons. The first-order chi connectivity index (χ1) is 5.85. The second kappa shape index (κ2) is 3.30. The second-order valence-electron chi connectivity index (χ2n) is 4.24. The Bertz CT molecular complexity index is 153. The Morgan fingerprint density at radius 2 is 1.92 bits per heavy atom. The van der Waals surface area contributed by atoms with Gasteiger partial charge in [-0.25, -0.2) is 0 Å². The quantitative estimate of drug-likeness (QED) is 0.642. The van der Waals surface area contributed by atoms with Crippen LogP contribution in [0.2, 0.25) is 0 Å². The Hall–Kier alpha value is -0.150. The number of hydrogen-bond acceptors (Lipinski definition) is 2. The van der Waals surface area contributed by atoms with Crippen molar-refractivity contribution in [1.82, 2.24) is 4.90 Å². The van der Waals surface area contributed by atoms with Crippen LogP contribution in [0, 0.1) is 5.41 Å². The molecule has 0 aromatic heterocycles. The van der Waals surface area contributed by atoms with Gasteiger partial charge in [-0.1, -0.05) is 0 Å². The summed E-state index contributed by atoms with van der Waals surface area (Å²) in [4.78, 5) is 6.19. The van der Waals surface area contributed by atoms with Crippen LogP contribution in [0.1, 0.15) is 25.7 Å². The third-order valence-corrected chi connectivity index (χ3v) is 3.08. The van der Waals surface area contributed by atoms with E-state index in [1.165, 1.54) is 25.9 Å². The van der Waals surface area contributed by atoms with Gasteiger partial charge in [0.05, 0.1) is 6.61 Å². The Balaban J connectivity index is 1.77. The fraction of sp³-hybridized carbons (Fsp3) is 1.00. The maximum Gasteiger partial charge on any atom is 0.0944 e. The summed E-state index contributed by atoms with van der Waals surface area (Å²) in [6, 6.07) is 0. The number of nitrogens with zero attached hydrogens (tertiary/aromatic N) is 1. The van der Waals surface area contributed by atoms with Gasteiger partial charge in [-0.05, 0) is 43.3 Å². The van der Waals surface area contributed by atoms with Crippen molar-refractivity contribution in [3.05, 3.63) is 0 Å². The minimum Gasteiger partial charge on any atom is -0.303 e. The normalized spacial score (nSPS) is 27.8. The molecule has 1 saturated carbocycles. The van der Waals surface area contributed by atoms with Gasteiger partial charge >= 0.3 is 0 Å². The molecule has 2 aliphatic rings. The minimum atomic E-state index is 0.194. The average Bonchev–Trinajstić information content (AvgIpc) is 2.63. The molecule has 1 heterocycles. The van der Waals surface area contributed by atoms with E-state index in [-0.39, 0.29) is 5.41 Å². The fourth-order valence-corrected chi connectivity index (χ4v) is 2.06. The van der Waals surface area contributed by atoms with Gasteiger partial charge in [0, 0.05) is 12.0 Å². The van der Waals surface area contributed by atoms with Crippen molar-refractivity contribution >= 4 is 0 Å². The van der Waals surface area contributed by atoms with Crippen LogP contribution in [0.25, 0.3) is 0 Å². The van der Waals surface area contributed by atoms with Gasteiger partial charge in [-0.15, -0.1) is 0 Å². The predicted molar refractivity (Wildman–Crippen MR) is 44.4 cm³/mol. The summed E-state index contributed by atoms with van der Waals surface area (Å²) in [6.45, 7) is 3.77. The molecule has 0 bridgehead atoms. The number of rotatable bonds is 4. The first-order valence-corrected chi connectivity index (χ1v) is 4.81. The summed E-state index contributed by atoms with van der Waals surface area (Å²) >= 11 is 0. The molecule has 12 heavy (non-hydrogen) atoms. The van der Waals surface area contributed by atoms with Crippen molar-refractivity contribution in [1.29, 1.82) is 0 Å². The molecular weight excluding hydrogens is 157 g/mol. The van der Waals surface area contributed by atoms with Crippen LogP contribution < -0.4 is 0 Å². The maximum absolute atomic E-state index is 11.7. The van der Waals surface area contributed by atoms with Gasteiger partial charge in [0.15, 0.2) is 0 Å². The van der Waals surface area contributed by atoms with Crippen molar-refractivity contribution in [2.24, 2.45) is 5.41 Å². The first kappa shape index (κ1) is 8.45. The zero-order chi connectivity index (χ0) is 8.44. The van der Waals surface area contributed by atoms with Crippen LogP contribution in [0.15, 0.2) is 0 Å². The summed E-state index contributed by atoms with van der Waals surface area (Å²) in [6.07, 6.45) is 4.92. The molecule has 0 aromatic rings. The second-order valence-corrected chi connectivity index (χ2v) is 4.24. The number of likely N-dealkylation sites (tertiary alicyclic amines) is 1. The fourth-order valence-electron chi connectivity index (χ4n) is 2.06. The molecule has 0 radical (unpaired) electrons. The summed E-state index contributed by atoms with van der Waals surface area (Å²) in [5.74, 6) is 0. The van der Waals surface area contributed by atoms with E-state index in [1.54, 1.807) is 0 Å². The molecule has 0 unspecified atom stereocenters. The standard InChI is InChI=1S/C9H16FNO/c10-12-8-9(3-4-9)7-11-5-1-2-6-11/h1-8H2. The van der Waals surface area contributed by atoms with Gasteiger partial charge in [0.25, 0.3) is 0 Å². The smallest absolute Gasteiger partial charge is 0.0944 e. The van der Waals surface area contributed by atoms with Gasteiger partial charge in [-0.2, -0.15) is 4.94 Å². The third kappa shape index (κ3) is 1.77. The molecule has 3 heteroatoms. The molecule has 2 rings (SSSR count). The SMILES string of the molecule is FOCC1(CN2CCCC2)CC1. The topological polar surface area (TPSA) is 12.5 Å². The molecule has 0 aromatic carbocycles. The van der Waals surface area contributed by atoms with Gasteiger partial charge in [0.2, 0.25) is 0 Å². The summed E-state index contributed by atoms with van der Waals surface area (Å²) in [7, 11) is 0. The molecule has 2 nitrogen and oxygen atoms in total. The highest BCUT2D eigenvalue weighted by Crippen LogP contribution is 2.46. The highest BCUT2D eigenvalue weighted by atomic mass is 19.3. The maximum atomic E-state index is 11.7. The van der Waals surface area contributed by atoms with Gasteiger partial charge < -0.3 is 4.90 Å². The highest BCUT2D eigenvalue weighted by Gasteiger charge is 2.44. The van der Waals surface area contributed by atoms with Crippen molar-refractivity contribution in [2.45, 2.75) is 25.7 Å². The molecule has 0 spiro atoms. The van der Waals surface area contributed by atoms with Crippen LogP contribution >= 0.6 is 0 Å². The molecule has 1 saturated heterocycles. The van der Waals surface area contributed by atoms with E-state index in [2.05, 4.69) is 9.84 Å². The number of halogens is 1. The Morgan fingerprint density at radius 3 is 2.42 bits per heavy atom. The molecule has 0 atom stereocenters. The lowest BCUT2D eigenvalue weighted by Crippen LogP contribution is -2.29. The average molecular weight is 173 g/mol. The van der Waals surface area contributed by atoms with Crippen molar-refractivity contribution in [3.63, 3.8) is 0 Å². The lowest BCUT2D eigenvalue weighted by Gasteiger charge is -2.20. The zero-order valence-electron chi connectivity index (χ0n) is 7.39. The lowest BCUT2D eigenvalue weighted by atomic mass is 10.1. The van der Waals surface area contributed by atoms with Crippen LogP contribution in [0.4, 0.5) is 4.53 Å². The predicted octanol–water partition coefficient (Wildman–Crippen LogP) is 1.76. The summed E-state index contributed by atoms with van der Waals surface area (Å²) in [5, 5.41) is 0. The van der Waals surface area contributed by atoms with E-state index in [4.69, 9.17) is 0 Å². The van der Waals surface area contributed by atoms with Crippen LogP contribution in [-0.2, 0) is 4.94 Å². The Kier molecular flexibility index (Phi) is 2.33. The Morgan fingerprint density at radius 1 is 1.25 bits per heavy atom. The zero-order valence-corrected chi connectivity index (χ0v) is 7.39. The van der Waals surface area contributed by atoms with Crippen LogP contribution in [-0.4, -0.2) is 31.1 Å². The van der Waals surface area contributed by atoms with E-state index in [9.17, 15) is 4.53 Å². The largest absolute Gasteiger partial charge is 0.303 e. The molecule has 0 amide bonds.